The van der Waals surface area contributed by atoms with Crippen molar-refractivity contribution < 1.29 is 15.0 Å². The zero-order valence-corrected chi connectivity index (χ0v) is 19.5. The molecular weight excluding hydrogens is 372 g/mol. The van der Waals surface area contributed by atoms with Crippen molar-refractivity contribution in [1.29, 1.82) is 0 Å². The first-order valence-corrected chi connectivity index (χ1v) is 12.0. The van der Waals surface area contributed by atoms with Gasteiger partial charge in [0.1, 0.15) is 5.60 Å². The molecule has 3 nitrogen and oxygen atoms in total. The topological polar surface area (TPSA) is 57.5 Å². The molecule has 0 aromatic rings. The number of hydrogen-bond donors (Lipinski definition) is 2. The summed E-state index contributed by atoms with van der Waals surface area (Å²) in [6.07, 6.45) is 14.3. The van der Waals surface area contributed by atoms with E-state index in [2.05, 4.69) is 32.6 Å². The van der Waals surface area contributed by atoms with Crippen molar-refractivity contribution in [3.8, 4) is 0 Å². The van der Waals surface area contributed by atoms with Crippen LogP contribution in [0, 0.1) is 23.2 Å². The van der Waals surface area contributed by atoms with Crippen LogP contribution in [-0.4, -0.2) is 27.7 Å². The average molecular weight is 415 g/mol. The predicted molar refractivity (Wildman–Crippen MR) is 123 cm³/mol. The van der Waals surface area contributed by atoms with Crippen LogP contribution in [0.5, 0.6) is 0 Å². The van der Waals surface area contributed by atoms with Gasteiger partial charge >= 0.3 is 0 Å². The van der Waals surface area contributed by atoms with Crippen LogP contribution in [0.25, 0.3) is 0 Å². The molecule has 5 atom stereocenters. The molecule has 2 N–H and O–H groups in total. The van der Waals surface area contributed by atoms with Crippen molar-refractivity contribution in [1.82, 2.24) is 0 Å². The molecular formula is C27H42O3. The van der Waals surface area contributed by atoms with E-state index in [0.29, 0.717) is 29.6 Å². The molecule has 0 radical (unpaired) electrons. The SMILES string of the molecule is C=C1CC[C@@H](O)C/C1=C/C=C1\CCC[C@]2(C)[C@@H]([C@H](C)CCC(=O)C(C)(C)O)CC[C@@H]12. The first kappa shape index (κ1) is 23.5. The van der Waals surface area contributed by atoms with E-state index in [4.69, 9.17) is 0 Å². The van der Waals surface area contributed by atoms with Gasteiger partial charge in [0.15, 0.2) is 5.78 Å². The molecule has 3 saturated carbocycles. The summed E-state index contributed by atoms with van der Waals surface area (Å²) in [6, 6.07) is 0. The second-order valence-electron chi connectivity index (χ2n) is 11.0. The van der Waals surface area contributed by atoms with Gasteiger partial charge in [-0.15, -0.1) is 0 Å². The maximum absolute atomic E-state index is 12.2. The second kappa shape index (κ2) is 9.12. The molecule has 0 spiro atoms. The Morgan fingerprint density at radius 3 is 2.70 bits per heavy atom. The monoisotopic (exact) mass is 414 g/mol. The molecule has 0 bridgehead atoms. The standard InChI is InChI=1S/C27H42O3/c1-18-8-12-22(28)17-21(18)11-10-20-7-6-16-27(5)23(13-14-24(20)27)19(2)9-15-25(29)26(3,4)30/h10-11,19,22-24,28,30H,1,6-9,12-17H2,2-5H3/b20-10+,21-11-/t19-,22-,23-,24+,27-/m1/s1. The maximum atomic E-state index is 12.2. The zero-order valence-electron chi connectivity index (χ0n) is 19.5. The van der Waals surface area contributed by atoms with Crippen LogP contribution in [0.4, 0.5) is 0 Å². The van der Waals surface area contributed by atoms with Crippen LogP contribution in [0.2, 0.25) is 0 Å². The second-order valence-corrected chi connectivity index (χ2v) is 11.0. The van der Waals surface area contributed by atoms with Crippen molar-refractivity contribution in [3.05, 3.63) is 35.5 Å². The molecule has 3 rings (SSSR count). The quantitative estimate of drug-likeness (QED) is 0.568. The Kier molecular flexibility index (Phi) is 7.14. The molecule has 0 aromatic heterocycles. The number of aliphatic hydroxyl groups is 2. The number of Topliss-reactive ketones (excluding diaryl/α,β-unsaturated/α-hetero) is 1. The molecule has 30 heavy (non-hydrogen) atoms. The third-order valence-corrected chi connectivity index (χ3v) is 8.42. The summed E-state index contributed by atoms with van der Waals surface area (Å²) in [5.74, 6) is 1.72. The van der Waals surface area contributed by atoms with E-state index in [0.717, 1.165) is 25.7 Å². The summed E-state index contributed by atoms with van der Waals surface area (Å²) < 4.78 is 0. The Hall–Kier alpha value is -1.19. The van der Waals surface area contributed by atoms with E-state index >= 15 is 0 Å². The lowest BCUT2D eigenvalue weighted by molar-refractivity contribution is -0.134. The molecule has 0 aliphatic heterocycles. The molecule has 0 heterocycles. The Morgan fingerprint density at radius 2 is 2.00 bits per heavy atom. The number of fused-ring (bicyclic) bond motifs is 1. The molecule has 0 unspecified atom stereocenters. The van der Waals surface area contributed by atoms with Crippen molar-refractivity contribution in [2.45, 2.75) is 104 Å². The van der Waals surface area contributed by atoms with Crippen LogP contribution in [-0.2, 0) is 4.79 Å². The summed E-state index contributed by atoms with van der Waals surface area (Å²) in [5.41, 5.74) is 3.08. The van der Waals surface area contributed by atoms with Gasteiger partial charge in [-0.05, 0) is 100 Å². The number of allylic oxidation sites excluding steroid dienone is 4. The fourth-order valence-corrected chi connectivity index (χ4v) is 6.48. The molecule has 0 amide bonds. The lowest BCUT2D eigenvalue weighted by Gasteiger charge is -2.44. The minimum absolute atomic E-state index is 0.0418. The number of carbonyl (C=O) groups excluding carboxylic acids is 1. The smallest absolute Gasteiger partial charge is 0.163 e. The minimum atomic E-state index is -1.22. The molecule has 168 valence electrons. The van der Waals surface area contributed by atoms with Crippen LogP contribution >= 0.6 is 0 Å². The lowest BCUT2D eigenvalue weighted by Crippen LogP contribution is -2.36. The fourth-order valence-electron chi connectivity index (χ4n) is 6.48. The Balaban J connectivity index is 1.70. The van der Waals surface area contributed by atoms with Gasteiger partial charge in [0, 0.05) is 6.42 Å². The largest absolute Gasteiger partial charge is 0.393 e. The van der Waals surface area contributed by atoms with Gasteiger partial charge < -0.3 is 10.2 Å². The van der Waals surface area contributed by atoms with Gasteiger partial charge in [-0.1, -0.05) is 43.7 Å². The normalized spacial score (nSPS) is 36.2. The Morgan fingerprint density at radius 1 is 1.27 bits per heavy atom. The Labute approximate surface area is 183 Å². The van der Waals surface area contributed by atoms with Gasteiger partial charge in [-0.3, -0.25) is 4.79 Å². The van der Waals surface area contributed by atoms with Gasteiger partial charge in [-0.2, -0.15) is 0 Å². The number of rotatable bonds is 6. The van der Waals surface area contributed by atoms with Crippen molar-refractivity contribution in [2.75, 3.05) is 0 Å². The highest BCUT2D eigenvalue weighted by molar-refractivity contribution is 5.86. The highest BCUT2D eigenvalue weighted by Gasteiger charge is 2.50. The summed E-state index contributed by atoms with van der Waals surface area (Å²) in [5, 5.41) is 20.0. The molecule has 3 aliphatic rings. The molecule has 0 aromatic carbocycles. The van der Waals surface area contributed by atoms with E-state index < -0.39 is 5.60 Å². The van der Waals surface area contributed by atoms with E-state index in [1.807, 2.05) is 0 Å². The van der Waals surface area contributed by atoms with Gasteiger partial charge in [0.2, 0.25) is 0 Å². The van der Waals surface area contributed by atoms with Crippen LogP contribution in [0.3, 0.4) is 0 Å². The van der Waals surface area contributed by atoms with E-state index in [1.54, 1.807) is 19.4 Å². The van der Waals surface area contributed by atoms with Crippen molar-refractivity contribution >= 4 is 5.78 Å². The molecule has 3 fully saturated rings. The van der Waals surface area contributed by atoms with Gasteiger partial charge in [0.25, 0.3) is 0 Å². The van der Waals surface area contributed by atoms with E-state index in [9.17, 15) is 15.0 Å². The third-order valence-electron chi connectivity index (χ3n) is 8.42. The molecule has 3 heteroatoms. The average Bonchev–Trinajstić information content (AvgIpc) is 3.03. The number of ketones is 1. The van der Waals surface area contributed by atoms with Crippen molar-refractivity contribution in [2.24, 2.45) is 23.2 Å². The van der Waals surface area contributed by atoms with Crippen molar-refractivity contribution in [3.63, 3.8) is 0 Å². The molecule has 0 saturated heterocycles. The minimum Gasteiger partial charge on any atom is -0.393 e. The Bertz CT molecular complexity index is 723. The highest BCUT2D eigenvalue weighted by atomic mass is 16.3. The number of aliphatic hydroxyl groups excluding tert-OH is 1. The zero-order chi connectivity index (χ0) is 22.1. The maximum Gasteiger partial charge on any atom is 0.163 e. The summed E-state index contributed by atoms with van der Waals surface area (Å²) >= 11 is 0. The molecule has 3 aliphatic carbocycles. The van der Waals surface area contributed by atoms with Crippen LogP contribution < -0.4 is 0 Å². The number of hydrogen-bond acceptors (Lipinski definition) is 3. The first-order chi connectivity index (χ1) is 14.0. The van der Waals surface area contributed by atoms with Gasteiger partial charge in [0.05, 0.1) is 6.10 Å². The van der Waals surface area contributed by atoms with Gasteiger partial charge in [-0.25, -0.2) is 0 Å². The fraction of sp³-hybridized carbons (Fsp3) is 0.741. The first-order valence-electron chi connectivity index (χ1n) is 12.0. The summed E-state index contributed by atoms with van der Waals surface area (Å²) in [4.78, 5) is 12.2. The summed E-state index contributed by atoms with van der Waals surface area (Å²) in [7, 11) is 0. The van der Waals surface area contributed by atoms with E-state index in [-0.39, 0.29) is 11.9 Å². The number of carbonyl (C=O) groups is 1. The highest BCUT2D eigenvalue weighted by Crippen LogP contribution is 2.59. The predicted octanol–water partition coefficient (Wildman–Crippen LogP) is 5.91. The third kappa shape index (κ3) is 4.99. The lowest BCUT2D eigenvalue weighted by atomic mass is 9.60. The van der Waals surface area contributed by atoms with E-state index in [1.165, 1.54) is 43.3 Å². The summed E-state index contributed by atoms with van der Waals surface area (Å²) in [6.45, 7) is 12.2. The van der Waals surface area contributed by atoms with Crippen LogP contribution in [0.1, 0.15) is 91.9 Å². The van der Waals surface area contributed by atoms with Crippen LogP contribution in [0.15, 0.2) is 35.5 Å².